The Morgan fingerprint density at radius 3 is 2.50 bits per heavy atom. The SMILES string of the molecule is COCCC(C(=O)Cc1ccc2nccnc2c1)n1cc(OC)c(-c2cc(Cl)ccc2-n2cc(C(F)F)nn2)cc1=O. The molecule has 0 amide bonds. The van der Waals surface area contributed by atoms with Gasteiger partial charge in [-0.1, -0.05) is 22.9 Å². The van der Waals surface area contributed by atoms with E-state index in [1.807, 2.05) is 0 Å². The third kappa shape index (κ3) is 6.04. The van der Waals surface area contributed by atoms with Crippen molar-refractivity contribution in [2.45, 2.75) is 25.3 Å². The van der Waals surface area contributed by atoms with Crippen molar-refractivity contribution >= 4 is 28.4 Å². The number of fused-ring (bicyclic) bond motifs is 1. The first-order valence-corrected chi connectivity index (χ1v) is 13.2. The number of nitrogens with zero attached hydrogens (tertiary/aromatic N) is 6. The van der Waals surface area contributed by atoms with Crippen molar-refractivity contribution in [3.05, 3.63) is 93.9 Å². The third-order valence-electron chi connectivity index (χ3n) is 6.71. The second kappa shape index (κ2) is 12.5. The van der Waals surface area contributed by atoms with Crippen molar-refractivity contribution < 1.29 is 23.0 Å². The number of ether oxygens (including phenoxy) is 2. The number of halogens is 3. The summed E-state index contributed by atoms with van der Waals surface area (Å²) in [6.45, 7) is 0.229. The summed E-state index contributed by atoms with van der Waals surface area (Å²) in [6.07, 6.45) is 3.21. The molecule has 0 saturated carbocycles. The van der Waals surface area contributed by atoms with Crippen LogP contribution in [0, 0.1) is 0 Å². The van der Waals surface area contributed by atoms with E-state index in [1.54, 1.807) is 48.8 Å². The molecule has 0 radical (unpaired) electrons. The van der Waals surface area contributed by atoms with Crippen LogP contribution in [0.1, 0.15) is 30.1 Å². The summed E-state index contributed by atoms with van der Waals surface area (Å²) in [5.74, 6) is 0.0429. The molecule has 0 saturated heterocycles. The van der Waals surface area contributed by atoms with E-state index in [4.69, 9.17) is 21.1 Å². The number of ketones is 1. The fourth-order valence-corrected chi connectivity index (χ4v) is 4.86. The molecule has 2 aromatic carbocycles. The Kier molecular flexibility index (Phi) is 8.64. The number of Topliss-reactive ketones (excluding diaryl/α,β-unsaturated/α-hetero) is 1. The van der Waals surface area contributed by atoms with E-state index in [-0.39, 0.29) is 31.0 Å². The highest BCUT2D eigenvalue weighted by Gasteiger charge is 2.25. The molecule has 0 N–H and O–H groups in total. The summed E-state index contributed by atoms with van der Waals surface area (Å²) in [7, 11) is 2.94. The van der Waals surface area contributed by atoms with Crippen molar-refractivity contribution in [1.29, 1.82) is 0 Å². The first-order valence-electron chi connectivity index (χ1n) is 12.8. The molecule has 0 aliphatic heterocycles. The van der Waals surface area contributed by atoms with Gasteiger partial charge in [-0.05, 0) is 42.3 Å². The predicted molar refractivity (Wildman–Crippen MR) is 151 cm³/mol. The van der Waals surface area contributed by atoms with E-state index in [0.717, 1.165) is 11.8 Å². The third-order valence-corrected chi connectivity index (χ3v) is 6.94. The Morgan fingerprint density at radius 2 is 1.79 bits per heavy atom. The highest BCUT2D eigenvalue weighted by atomic mass is 35.5. The van der Waals surface area contributed by atoms with Crippen molar-refractivity contribution in [3.63, 3.8) is 0 Å². The van der Waals surface area contributed by atoms with Gasteiger partial charge in [0.2, 0.25) is 0 Å². The number of pyridine rings is 1. The topological polar surface area (TPSA) is 114 Å². The molecule has 216 valence electrons. The van der Waals surface area contributed by atoms with Gasteiger partial charge in [0.05, 0.1) is 42.3 Å². The molecule has 3 heterocycles. The Bertz CT molecular complexity index is 1810. The summed E-state index contributed by atoms with van der Waals surface area (Å²) in [6, 6.07) is 10.6. The molecule has 0 aliphatic rings. The Balaban J connectivity index is 1.54. The van der Waals surface area contributed by atoms with Gasteiger partial charge < -0.3 is 14.0 Å². The Hall–Kier alpha value is -4.55. The lowest BCUT2D eigenvalue weighted by atomic mass is 9.99. The smallest absolute Gasteiger partial charge is 0.283 e. The molecule has 5 aromatic rings. The van der Waals surface area contributed by atoms with E-state index in [1.165, 1.54) is 35.7 Å². The molecule has 42 heavy (non-hydrogen) atoms. The molecule has 13 heteroatoms. The van der Waals surface area contributed by atoms with Gasteiger partial charge in [0.25, 0.3) is 12.0 Å². The van der Waals surface area contributed by atoms with Crippen LogP contribution in [0.25, 0.3) is 27.8 Å². The minimum absolute atomic E-state index is 0.0502. The minimum atomic E-state index is -2.81. The van der Waals surface area contributed by atoms with Crippen LogP contribution in [-0.2, 0) is 16.0 Å². The second-order valence-corrected chi connectivity index (χ2v) is 9.81. The number of carbonyl (C=O) groups is 1. The summed E-state index contributed by atoms with van der Waals surface area (Å²) in [4.78, 5) is 35.7. The maximum absolute atomic E-state index is 13.6. The quantitative estimate of drug-likeness (QED) is 0.209. The Labute approximate surface area is 243 Å². The molecule has 0 aliphatic carbocycles. The molecule has 1 atom stereocenters. The number of benzene rings is 2. The van der Waals surface area contributed by atoms with Crippen LogP contribution in [0.5, 0.6) is 5.75 Å². The van der Waals surface area contributed by atoms with Gasteiger partial charge in [-0.3, -0.25) is 19.6 Å². The van der Waals surface area contributed by atoms with Gasteiger partial charge in [0.1, 0.15) is 11.4 Å². The van der Waals surface area contributed by atoms with Gasteiger partial charge in [-0.15, -0.1) is 5.10 Å². The molecular weight excluding hydrogens is 570 g/mol. The van der Waals surface area contributed by atoms with Crippen LogP contribution < -0.4 is 10.3 Å². The molecule has 1 unspecified atom stereocenters. The zero-order valence-corrected chi connectivity index (χ0v) is 23.3. The first-order chi connectivity index (χ1) is 20.3. The van der Waals surface area contributed by atoms with E-state index < -0.39 is 23.7 Å². The second-order valence-electron chi connectivity index (χ2n) is 9.37. The number of rotatable bonds is 11. The highest BCUT2D eigenvalue weighted by Crippen LogP contribution is 2.36. The zero-order chi connectivity index (χ0) is 29.8. The maximum atomic E-state index is 13.6. The van der Waals surface area contributed by atoms with Crippen LogP contribution in [0.15, 0.2) is 72.0 Å². The van der Waals surface area contributed by atoms with Gasteiger partial charge in [0, 0.05) is 54.7 Å². The number of hydrogen-bond acceptors (Lipinski definition) is 8. The molecule has 5 rings (SSSR count). The average molecular weight is 595 g/mol. The highest BCUT2D eigenvalue weighted by molar-refractivity contribution is 6.31. The summed E-state index contributed by atoms with van der Waals surface area (Å²) < 4.78 is 39.8. The van der Waals surface area contributed by atoms with E-state index in [0.29, 0.717) is 32.9 Å². The number of hydrogen-bond donors (Lipinski definition) is 0. The van der Waals surface area contributed by atoms with Crippen LogP contribution in [0.2, 0.25) is 5.02 Å². The van der Waals surface area contributed by atoms with E-state index in [9.17, 15) is 18.4 Å². The van der Waals surface area contributed by atoms with Gasteiger partial charge in [0.15, 0.2) is 5.78 Å². The van der Waals surface area contributed by atoms with Crippen LogP contribution >= 0.6 is 11.6 Å². The molecule has 3 aromatic heterocycles. The number of methoxy groups -OCH3 is 2. The molecule has 0 bridgehead atoms. The minimum Gasteiger partial charge on any atom is -0.495 e. The predicted octanol–water partition coefficient (Wildman–Crippen LogP) is 5.03. The molecule has 0 spiro atoms. The number of aromatic nitrogens is 6. The largest absolute Gasteiger partial charge is 0.495 e. The van der Waals surface area contributed by atoms with Crippen molar-refractivity contribution in [2.75, 3.05) is 20.8 Å². The monoisotopic (exact) mass is 594 g/mol. The van der Waals surface area contributed by atoms with Gasteiger partial charge in [-0.25, -0.2) is 13.5 Å². The van der Waals surface area contributed by atoms with Crippen molar-refractivity contribution in [2.24, 2.45) is 0 Å². The van der Waals surface area contributed by atoms with Gasteiger partial charge >= 0.3 is 0 Å². The fraction of sp³-hybridized carbons (Fsp3) is 0.241. The normalized spacial score (nSPS) is 12.1. The van der Waals surface area contributed by atoms with Crippen molar-refractivity contribution in [1.82, 2.24) is 29.5 Å². The van der Waals surface area contributed by atoms with Crippen molar-refractivity contribution in [3.8, 4) is 22.6 Å². The number of alkyl halides is 2. The summed E-state index contributed by atoms with van der Waals surface area (Å²) in [5, 5.41) is 7.67. The van der Waals surface area contributed by atoms with Gasteiger partial charge in [-0.2, -0.15) is 0 Å². The fourth-order valence-electron chi connectivity index (χ4n) is 4.69. The lowest BCUT2D eigenvalue weighted by Gasteiger charge is -2.21. The molecule has 10 nitrogen and oxygen atoms in total. The van der Waals surface area contributed by atoms with E-state index >= 15 is 0 Å². The van der Waals surface area contributed by atoms with Crippen LogP contribution in [-0.4, -0.2) is 56.1 Å². The Morgan fingerprint density at radius 1 is 1.00 bits per heavy atom. The zero-order valence-electron chi connectivity index (χ0n) is 22.6. The standard InChI is InChI=1S/C29H25ClF2N6O4/c1-41-10-7-25(26(39)12-17-3-5-21-22(11-17)34-9-8-33-21)37-16-27(42-2)20(14-28(37)40)19-13-18(30)4-6-24(19)38-15-23(29(31)32)35-36-38/h3-6,8-9,11,13-16,25,29H,7,10,12H2,1-2H3. The molecular formula is C29H25ClF2N6O4. The number of carbonyl (C=O) groups excluding carboxylic acids is 1. The van der Waals surface area contributed by atoms with Crippen LogP contribution in [0.4, 0.5) is 8.78 Å². The maximum Gasteiger partial charge on any atom is 0.283 e. The first kappa shape index (κ1) is 29.0. The average Bonchev–Trinajstić information content (AvgIpc) is 3.48. The van der Waals surface area contributed by atoms with E-state index in [2.05, 4.69) is 20.3 Å². The summed E-state index contributed by atoms with van der Waals surface area (Å²) >= 11 is 6.28. The summed E-state index contributed by atoms with van der Waals surface area (Å²) in [5.41, 5.74) is 2.18. The lowest BCUT2D eigenvalue weighted by Crippen LogP contribution is -2.31. The molecule has 0 fully saturated rings. The van der Waals surface area contributed by atoms with Crippen LogP contribution in [0.3, 0.4) is 0 Å². The lowest BCUT2D eigenvalue weighted by molar-refractivity contribution is -0.122.